The average Bonchev–Trinajstić information content (AvgIpc) is 3.11. The Balaban J connectivity index is 1.34. The van der Waals surface area contributed by atoms with Crippen LogP contribution in [-0.2, 0) is 29.0 Å². The molecular weight excluding hydrogens is 342 g/mol. The van der Waals surface area contributed by atoms with Gasteiger partial charge in [-0.1, -0.05) is 43.3 Å². The van der Waals surface area contributed by atoms with Crippen LogP contribution < -0.4 is 0 Å². The van der Waals surface area contributed by atoms with Crippen molar-refractivity contribution in [1.29, 1.82) is 0 Å². The Morgan fingerprint density at radius 1 is 1.19 bits per heavy atom. The number of nitrogens with zero attached hydrogens (tertiary/aromatic N) is 3. The Morgan fingerprint density at radius 3 is 2.59 bits per heavy atom. The van der Waals surface area contributed by atoms with Crippen molar-refractivity contribution in [2.75, 3.05) is 26.8 Å². The van der Waals surface area contributed by atoms with Crippen molar-refractivity contribution in [2.45, 2.75) is 58.3 Å². The molecule has 0 N–H and O–H groups in total. The summed E-state index contributed by atoms with van der Waals surface area (Å²) in [5.74, 6) is 1.79. The maximum absolute atomic E-state index is 6.02. The zero-order chi connectivity index (χ0) is 19.1. The van der Waals surface area contributed by atoms with E-state index in [-0.39, 0.29) is 0 Å². The lowest BCUT2D eigenvalue weighted by Gasteiger charge is -2.32. The average molecular weight is 373 g/mol. The number of piperidine rings is 1. The van der Waals surface area contributed by atoms with Crippen molar-refractivity contribution in [1.82, 2.24) is 15.0 Å². The smallest absolute Gasteiger partial charge is 0.252 e. The highest BCUT2D eigenvalue weighted by Crippen LogP contribution is 2.19. The van der Waals surface area contributed by atoms with E-state index in [9.17, 15) is 0 Å². The summed E-state index contributed by atoms with van der Waals surface area (Å²) in [4.78, 5) is 6.78. The number of hydrogen-bond acceptors (Lipinski definition) is 6. The highest BCUT2D eigenvalue weighted by molar-refractivity contribution is 5.24. The highest BCUT2D eigenvalue weighted by atomic mass is 16.5. The zero-order valence-corrected chi connectivity index (χ0v) is 16.7. The molecule has 1 fully saturated rings. The Morgan fingerprint density at radius 2 is 1.93 bits per heavy atom. The van der Waals surface area contributed by atoms with Crippen molar-refractivity contribution in [3.05, 3.63) is 47.1 Å². The molecule has 1 aromatic heterocycles. The van der Waals surface area contributed by atoms with Crippen molar-refractivity contribution in [2.24, 2.45) is 0 Å². The van der Waals surface area contributed by atoms with E-state index >= 15 is 0 Å². The summed E-state index contributed by atoms with van der Waals surface area (Å²) in [6, 6.07) is 9.04. The maximum atomic E-state index is 6.02. The molecule has 3 rings (SSSR count). The second-order valence-electron chi connectivity index (χ2n) is 7.53. The van der Waals surface area contributed by atoms with Crippen LogP contribution in [0.5, 0.6) is 0 Å². The molecule has 0 aliphatic carbocycles. The first kappa shape index (κ1) is 20.0. The van der Waals surface area contributed by atoms with Crippen LogP contribution in [0, 0.1) is 0 Å². The van der Waals surface area contributed by atoms with Gasteiger partial charge >= 0.3 is 0 Å². The lowest BCUT2D eigenvalue weighted by atomic mass is 10.0. The molecular formula is C21H31N3O3. The van der Waals surface area contributed by atoms with Crippen LogP contribution in [0.25, 0.3) is 0 Å². The molecule has 6 heteroatoms. The molecule has 148 valence electrons. The Bertz CT molecular complexity index is 676. The van der Waals surface area contributed by atoms with E-state index in [0.717, 1.165) is 32.5 Å². The van der Waals surface area contributed by atoms with Crippen molar-refractivity contribution in [3.63, 3.8) is 0 Å². The summed E-state index contributed by atoms with van der Waals surface area (Å²) in [5.41, 5.74) is 2.80. The molecule has 0 amide bonds. The first-order chi connectivity index (χ1) is 13.1. The van der Waals surface area contributed by atoms with Gasteiger partial charge < -0.3 is 14.0 Å². The first-order valence-electron chi connectivity index (χ1n) is 9.87. The lowest BCUT2D eigenvalue weighted by Crippen LogP contribution is -2.36. The number of aromatic nitrogens is 2. The Kier molecular flexibility index (Phi) is 7.38. The van der Waals surface area contributed by atoms with E-state index in [2.05, 4.69) is 53.2 Å². The van der Waals surface area contributed by atoms with Gasteiger partial charge in [-0.05, 0) is 29.9 Å². The third kappa shape index (κ3) is 6.13. The largest absolute Gasteiger partial charge is 0.378 e. The predicted molar refractivity (Wildman–Crippen MR) is 103 cm³/mol. The molecule has 0 bridgehead atoms. The Labute approximate surface area is 161 Å². The summed E-state index contributed by atoms with van der Waals surface area (Å²) in [6.07, 6.45) is 3.15. The minimum Gasteiger partial charge on any atom is -0.378 e. The predicted octanol–water partition coefficient (Wildman–Crippen LogP) is 3.56. The zero-order valence-electron chi connectivity index (χ0n) is 16.7. The number of methoxy groups -OCH3 is 1. The fraction of sp³-hybridized carbons (Fsp3) is 0.619. The molecule has 1 aliphatic rings. The van der Waals surface area contributed by atoms with E-state index in [1.165, 1.54) is 11.1 Å². The summed E-state index contributed by atoms with van der Waals surface area (Å²) < 4.78 is 16.1. The Hall–Kier alpha value is -1.76. The molecule has 0 unspecified atom stereocenters. The molecule has 2 heterocycles. The van der Waals surface area contributed by atoms with E-state index in [0.29, 0.717) is 43.4 Å². The maximum Gasteiger partial charge on any atom is 0.252 e. The number of hydrogen-bond donors (Lipinski definition) is 0. The van der Waals surface area contributed by atoms with Crippen LogP contribution in [0.3, 0.4) is 0 Å². The minimum atomic E-state index is 0.329. The van der Waals surface area contributed by atoms with Crippen LogP contribution in [0.15, 0.2) is 28.8 Å². The van der Waals surface area contributed by atoms with Gasteiger partial charge in [0.05, 0.1) is 12.7 Å². The van der Waals surface area contributed by atoms with Crippen molar-refractivity contribution < 1.29 is 14.0 Å². The van der Waals surface area contributed by atoms with Gasteiger partial charge in [0.1, 0.15) is 6.61 Å². The van der Waals surface area contributed by atoms with Gasteiger partial charge in [-0.3, -0.25) is 4.90 Å². The summed E-state index contributed by atoms with van der Waals surface area (Å²) in [5, 5.41) is 3.94. The second-order valence-corrected chi connectivity index (χ2v) is 7.53. The minimum absolute atomic E-state index is 0.329. The van der Waals surface area contributed by atoms with Crippen LogP contribution in [0.2, 0.25) is 0 Å². The number of rotatable bonds is 9. The monoisotopic (exact) mass is 373 g/mol. The SMILES string of the molecule is COCc1nc(CCOC2CCN(Cc3ccc(C(C)C)cc3)CC2)no1. The molecule has 6 nitrogen and oxygen atoms in total. The highest BCUT2D eigenvalue weighted by Gasteiger charge is 2.20. The molecule has 1 aromatic carbocycles. The number of ether oxygens (including phenoxy) is 2. The van der Waals surface area contributed by atoms with E-state index in [1.54, 1.807) is 7.11 Å². The van der Waals surface area contributed by atoms with Crippen LogP contribution in [0.4, 0.5) is 0 Å². The van der Waals surface area contributed by atoms with Gasteiger partial charge in [-0.2, -0.15) is 4.98 Å². The third-order valence-corrected chi connectivity index (χ3v) is 5.04. The van der Waals surface area contributed by atoms with Gasteiger partial charge in [0.25, 0.3) is 5.89 Å². The van der Waals surface area contributed by atoms with Crippen LogP contribution in [0.1, 0.15) is 55.4 Å². The standard InChI is InChI=1S/C21H31N3O3/c1-16(2)18-6-4-17(5-7-18)14-24-11-8-19(9-12-24)26-13-10-20-22-21(15-25-3)27-23-20/h4-7,16,19H,8-15H2,1-3H3. The molecule has 0 atom stereocenters. The molecule has 27 heavy (non-hydrogen) atoms. The topological polar surface area (TPSA) is 60.6 Å². The molecule has 0 radical (unpaired) electrons. The van der Waals surface area contributed by atoms with Crippen molar-refractivity contribution in [3.8, 4) is 0 Å². The number of likely N-dealkylation sites (tertiary alicyclic amines) is 1. The molecule has 1 saturated heterocycles. The van der Waals surface area contributed by atoms with Gasteiger partial charge in [0.15, 0.2) is 5.82 Å². The molecule has 2 aromatic rings. The molecule has 1 aliphatic heterocycles. The second kappa shape index (κ2) is 9.97. The van der Waals surface area contributed by atoms with E-state index in [1.807, 2.05) is 0 Å². The van der Waals surface area contributed by atoms with Crippen molar-refractivity contribution >= 4 is 0 Å². The van der Waals surface area contributed by atoms with Gasteiger partial charge in [-0.15, -0.1) is 0 Å². The fourth-order valence-corrected chi connectivity index (χ4v) is 3.39. The van der Waals surface area contributed by atoms with Crippen LogP contribution in [-0.4, -0.2) is 48.0 Å². The number of benzene rings is 1. The fourth-order valence-electron chi connectivity index (χ4n) is 3.39. The van der Waals surface area contributed by atoms with Gasteiger partial charge in [0.2, 0.25) is 0 Å². The summed E-state index contributed by atoms with van der Waals surface area (Å²) >= 11 is 0. The third-order valence-electron chi connectivity index (χ3n) is 5.04. The van der Waals surface area contributed by atoms with E-state index < -0.39 is 0 Å². The lowest BCUT2D eigenvalue weighted by molar-refractivity contribution is 0.00676. The first-order valence-corrected chi connectivity index (χ1v) is 9.87. The summed E-state index contributed by atoms with van der Waals surface area (Å²) in [7, 11) is 1.61. The summed E-state index contributed by atoms with van der Waals surface area (Å²) in [6.45, 7) is 8.64. The normalized spacial score (nSPS) is 16.3. The van der Waals surface area contributed by atoms with Gasteiger partial charge in [0, 0.05) is 33.2 Å². The van der Waals surface area contributed by atoms with Gasteiger partial charge in [-0.25, -0.2) is 0 Å². The quantitative estimate of drug-likeness (QED) is 0.670. The molecule has 0 saturated carbocycles. The molecule has 0 spiro atoms. The van der Waals surface area contributed by atoms with E-state index in [4.69, 9.17) is 14.0 Å². The van der Waals surface area contributed by atoms with Crippen LogP contribution >= 0.6 is 0 Å².